The molecule has 1 aliphatic carbocycles. The maximum absolute atomic E-state index is 3.90. The van der Waals surface area contributed by atoms with Crippen molar-refractivity contribution in [2.45, 2.75) is 71.3 Å². The minimum absolute atomic E-state index is 0.606. The molecular formula is C20H33N. The van der Waals surface area contributed by atoms with E-state index >= 15 is 0 Å². The van der Waals surface area contributed by atoms with Gasteiger partial charge in [-0.15, -0.1) is 0 Å². The predicted octanol–water partition coefficient (Wildman–Crippen LogP) is 5.37. The second-order valence-corrected chi connectivity index (χ2v) is 6.80. The van der Waals surface area contributed by atoms with Gasteiger partial charge in [0.25, 0.3) is 0 Å². The SMILES string of the molecule is CCCNC(C(C)c1ccccc1)C1CCCCC1CC. The van der Waals surface area contributed by atoms with Crippen molar-refractivity contribution in [2.75, 3.05) is 6.54 Å². The molecule has 0 heterocycles. The van der Waals surface area contributed by atoms with Crippen molar-refractivity contribution in [1.82, 2.24) is 5.32 Å². The molecule has 0 spiro atoms. The first-order chi connectivity index (χ1) is 10.3. The van der Waals surface area contributed by atoms with Crippen molar-refractivity contribution in [3.63, 3.8) is 0 Å². The Hall–Kier alpha value is -0.820. The summed E-state index contributed by atoms with van der Waals surface area (Å²) in [5.41, 5.74) is 1.49. The molecule has 0 aliphatic heterocycles. The van der Waals surface area contributed by atoms with Crippen molar-refractivity contribution >= 4 is 0 Å². The quantitative estimate of drug-likeness (QED) is 0.710. The van der Waals surface area contributed by atoms with Gasteiger partial charge < -0.3 is 5.32 Å². The van der Waals surface area contributed by atoms with Gasteiger partial charge in [0.2, 0.25) is 0 Å². The molecule has 0 aromatic heterocycles. The van der Waals surface area contributed by atoms with Gasteiger partial charge in [0.1, 0.15) is 0 Å². The molecule has 2 rings (SSSR count). The van der Waals surface area contributed by atoms with E-state index in [1.54, 1.807) is 0 Å². The van der Waals surface area contributed by atoms with Gasteiger partial charge in [0, 0.05) is 6.04 Å². The minimum atomic E-state index is 0.606. The van der Waals surface area contributed by atoms with E-state index in [1.165, 1.54) is 44.1 Å². The molecule has 1 N–H and O–H groups in total. The fourth-order valence-corrected chi connectivity index (χ4v) is 4.19. The van der Waals surface area contributed by atoms with Crippen molar-refractivity contribution < 1.29 is 0 Å². The Bertz CT molecular complexity index is 386. The first-order valence-corrected chi connectivity index (χ1v) is 9.06. The molecule has 1 aliphatic rings. The van der Waals surface area contributed by atoms with E-state index < -0.39 is 0 Å². The Morgan fingerprint density at radius 2 is 1.81 bits per heavy atom. The number of nitrogens with one attached hydrogen (secondary N) is 1. The maximum Gasteiger partial charge on any atom is 0.0164 e. The van der Waals surface area contributed by atoms with Gasteiger partial charge >= 0.3 is 0 Å². The summed E-state index contributed by atoms with van der Waals surface area (Å²) < 4.78 is 0. The highest BCUT2D eigenvalue weighted by molar-refractivity contribution is 5.21. The Morgan fingerprint density at radius 3 is 2.48 bits per heavy atom. The zero-order valence-corrected chi connectivity index (χ0v) is 14.1. The predicted molar refractivity (Wildman–Crippen MR) is 92.7 cm³/mol. The van der Waals surface area contributed by atoms with Crippen LogP contribution in [0.15, 0.2) is 30.3 Å². The van der Waals surface area contributed by atoms with Crippen LogP contribution in [-0.4, -0.2) is 12.6 Å². The second-order valence-electron chi connectivity index (χ2n) is 6.80. The summed E-state index contributed by atoms with van der Waals surface area (Å²) in [4.78, 5) is 0. The molecule has 118 valence electrons. The van der Waals surface area contributed by atoms with E-state index in [4.69, 9.17) is 0 Å². The molecule has 1 aromatic rings. The van der Waals surface area contributed by atoms with E-state index in [-0.39, 0.29) is 0 Å². The molecule has 1 aromatic carbocycles. The van der Waals surface area contributed by atoms with Crippen LogP contribution >= 0.6 is 0 Å². The second kappa shape index (κ2) is 8.58. The molecule has 1 fully saturated rings. The highest BCUT2D eigenvalue weighted by Gasteiger charge is 2.33. The van der Waals surface area contributed by atoms with Crippen LogP contribution < -0.4 is 5.32 Å². The van der Waals surface area contributed by atoms with E-state index in [9.17, 15) is 0 Å². The Kier molecular flexibility index (Phi) is 6.76. The van der Waals surface area contributed by atoms with Crippen LogP contribution in [0.3, 0.4) is 0 Å². The Labute approximate surface area is 131 Å². The van der Waals surface area contributed by atoms with Gasteiger partial charge in [-0.3, -0.25) is 0 Å². The zero-order valence-electron chi connectivity index (χ0n) is 14.1. The summed E-state index contributed by atoms with van der Waals surface area (Å²) in [6, 6.07) is 11.7. The van der Waals surface area contributed by atoms with E-state index in [0.717, 1.165) is 18.4 Å². The third-order valence-corrected chi connectivity index (χ3v) is 5.45. The lowest BCUT2D eigenvalue weighted by Crippen LogP contribution is -2.44. The monoisotopic (exact) mass is 287 g/mol. The third kappa shape index (κ3) is 4.32. The lowest BCUT2D eigenvalue weighted by Gasteiger charge is -2.40. The average molecular weight is 287 g/mol. The van der Waals surface area contributed by atoms with Gasteiger partial charge in [-0.05, 0) is 42.7 Å². The van der Waals surface area contributed by atoms with E-state index in [1.807, 2.05) is 0 Å². The third-order valence-electron chi connectivity index (χ3n) is 5.45. The first-order valence-electron chi connectivity index (χ1n) is 9.06. The summed E-state index contributed by atoms with van der Waals surface area (Å²) in [7, 11) is 0. The summed E-state index contributed by atoms with van der Waals surface area (Å²) in [5.74, 6) is 2.37. The van der Waals surface area contributed by atoms with Gasteiger partial charge in [-0.1, -0.05) is 76.8 Å². The molecule has 0 bridgehead atoms. The van der Waals surface area contributed by atoms with Crippen molar-refractivity contribution in [3.8, 4) is 0 Å². The van der Waals surface area contributed by atoms with Crippen LogP contribution in [0.1, 0.15) is 70.8 Å². The number of rotatable bonds is 7. The van der Waals surface area contributed by atoms with Crippen LogP contribution in [0.25, 0.3) is 0 Å². The van der Waals surface area contributed by atoms with Crippen molar-refractivity contribution in [1.29, 1.82) is 0 Å². The molecule has 4 atom stereocenters. The topological polar surface area (TPSA) is 12.0 Å². The molecule has 1 heteroatoms. The molecule has 0 amide bonds. The van der Waals surface area contributed by atoms with Gasteiger partial charge in [-0.25, -0.2) is 0 Å². The summed E-state index contributed by atoms with van der Waals surface area (Å²) >= 11 is 0. The van der Waals surface area contributed by atoms with Crippen molar-refractivity contribution in [3.05, 3.63) is 35.9 Å². The van der Waals surface area contributed by atoms with E-state index in [2.05, 4.69) is 56.4 Å². The molecule has 4 unspecified atom stereocenters. The largest absolute Gasteiger partial charge is 0.313 e. The molecule has 1 saturated carbocycles. The van der Waals surface area contributed by atoms with Crippen LogP contribution in [0.4, 0.5) is 0 Å². The Morgan fingerprint density at radius 1 is 1.10 bits per heavy atom. The van der Waals surface area contributed by atoms with Gasteiger partial charge in [0.15, 0.2) is 0 Å². The summed E-state index contributed by atoms with van der Waals surface area (Å²) in [5, 5.41) is 3.90. The van der Waals surface area contributed by atoms with Crippen molar-refractivity contribution in [2.24, 2.45) is 11.8 Å². The smallest absolute Gasteiger partial charge is 0.0164 e. The van der Waals surface area contributed by atoms with Crippen LogP contribution in [0.2, 0.25) is 0 Å². The number of benzene rings is 1. The fraction of sp³-hybridized carbons (Fsp3) is 0.700. The lowest BCUT2D eigenvalue weighted by atomic mass is 9.70. The summed E-state index contributed by atoms with van der Waals surface area (Å²) in [6.07, 6.45) is 8.28. The van der Waals surface area contributed by atoms with Gasteiger partial charge in [-0.2, -0.15) is 0 Å². The Balaban J connectivity index is 2.16. The minimum Gasteiger partial charge on any atom is -0.313 e. The standard InChI is InChI=1S/C20H33N/c1-4-15-21-20(16(3)18-12-7-6-8-13-18)19-14-10-9-11-17(19)5-2/h6-8,12-13,16-17,19-21H,4-5,9-11,14-15H2,1-3H3. The van der Waals surface area contributed by atoms with Gasteiger partial charge in [0.05, 0.1) is 0 Å². The highest BCUT2D eigenvalue weighted by Crippen LogP contribution is 2.38. The molecule has 0 saturated heterocycles. The van der Waals surface area contributed by atoms with Crippen LogP contribution in [0, 0.1) is 11.8 Å². The molecule has 0 radical (unpaired) electrons. The lowest BCUT2D eigenvalue weighted by molar-refractivity contribution is 0.161. The van der Waals surface area contributed by atoms with E-state index in [0.29, 0.717) is 12.0 Å². The molecular weight excluding hydrogens is 254 g/mol. The fourth-order valence-electron chi connectivity index (χ4n) is 4.19. The number of hydrogen-bond acceptors (Lipinski definition) is 1. The molecule has 21 heavy (non-hydrogen) atoms. The average Bonchev–Trinajstić information content (AvgIpc) is 2.56. The number of hydrogen-bond donors (Lipinski definition) is 1. The normalized spacial score (nSPS) is 25.5. The first kappa shape index (κ1) is 16.5. The van der Waals surface area contributed by atoms with Crippen LogP contribution in [-0.2, 0) is 0 Å². The highest BCUT2D eigenvalue weighted by atomic mass is 14.9. The van der Waals surface area contributed by atoms with Crippen LogP contribution in [0.5, 0.6) is 0 Å². The maximum atomic E-state index is 3.90. The zero-order chi connectivity index (χ0) is 15.1. The molecule has 1 nitrogen and oxygen atoms in total. The summed E-state index contributed by atoms with van der Waals surface area (Å²) in [6.45, 7) is 8.22.